The quantitative estimate of drug-likeness (QED) is 0.896. The molecule has 5 heteroatoms. The van der Waals surface area contributed by atoms with Crippen LogP contribution in [0.1, 0.15) is 18.9 Å². The largest absolute Gasteiger partial charge is 0.494 e. The minimum Gasteiger partial charge on any atom is -0.494 e. The zero-order valence-electron chi connectivity index (χ0n) is 13.5. The van der Waals surface area contributed by atoms with Crippen LogP contribution < -0.4 is 10.1 Å². The number of halogens is 1. The molecule has 0 aromatic heterocycles. The number of nitrogens with one attached hydrogen (secondary N) is 1. The van der Waals surface area contributed by atoms with Crippen molar-refractivity contribution in [3.8, 4) is 5.75 Å². The minimum absolute atomic E-state index is 0. The number of ether oxygens (including phenoxy) is 1. The molecule has 0 amide bonds. The summed E-state index contributed by atoms with van der Waals surface area (Å²) in [6, 6.07) is 9.33. The Hall–Kier alpha value is -0.810. The molecule has 0 spiro atoms. The highest BCUT2D eigenvalue weighted by molar-refractivity contribution is 5.85. The van der Waals surface area contributed by atoms with E-state index < -0.39 is 0 Å². The molecule has 3 rings (SSSR count). The molecule has 2 saturated heterocycles. The van der Waals surface area contributed by atoms with Gasteiger partial charge >= 0.3 is 0 Å². The fraction of sp³-hybridized carbons (Fsp3) is 0.647. The van der Waals surface area contributed by atoms with Crippen LogP contribution in [-0.4, -0.2) is 61.7 Å². The van der Waals surface area contributed by atoms with Crippen LogP contribution in [-0.2, 0) is 6.54 Å². The fourth-order valence-electron chi connectivity index (χ4n) is 3.35. The summed E-state index contributed by atoms with van der Waals surface area (Å²) in [7, 11) is 0. The molecule has 2 fully saturated rings. The molecule has 1 aromatic rings. The van der Waals surface area contributed by atoms with Crippen molar-refractivity contribution in [2.75, 3.05) is 45.9 Å². The minimum atomic E-state index is 0. The summed E-state index contributed by atoms with van der Waals surface area (Å²) < 4.78 is 5.50. The summed E-state index contributed by atoms with van der Waals surface area (Å²) in [6.45, 7) is 11.0. The van der Waals surface area contributed by atoms with Gasteiger partial charge in [-0.2, -0.15) is 0 Å². The van der Waals surface area contributed by atoms with Crippen LogP contribution in [0.5, 0.6) is 5.75 Å². The van der Waals surface area contributed by atoms with Gasteiger partial charge < -0.3 is 10.1 Å². The van der Waals surface area contributed by atoms with Crippen molar-refractivity contribution < 1.29 is 4.74 Å². The number of hydrogen-bond donors (Lipinski definition) is 1. The van der Waals surface area contributed by atoms with Gasteiger partial charge in [-0.3, -0.25) is 9.80 Å². The molecule has 124 valence electrons. The maximum atomic E-state index is 5.50. The lowest BCUT2D eigenvalue weighted by Gasteiger charge is -2.37. The maximum Gasteiger partial charge on any atom is 0.119 e. The smallest absolute Gasteiger partial charge is 0.119 e. The molecule has 0 aliphatic carbocycles. The van der Waals surface area contributed by atoms with Crippen LogP contribution in [0.4, 0.5) is 0 Å². The number of rotatable bonds is 5. The molecule has 0 radical (unpaired) electrons. The van der Waals surface area contributed by atoms with E-state index in [4.69, 9.17) is 4.74 Å². The van der Waals surface area contributed by atoms with Crippen molar-refractivity contribution in [2.24, 2.45) is 0 Å². The highest BCUT2D eigenvalue weighted by Gasteiger charge is 2.25. The fourth-order valence-corrected chi connectivity index (χ4v) is 3.35. The van der Waals surface area contributed by atoms with Gasteiger partial charge in [0.1, 0.15) is 5.75 Å². The third kappa shape index (κ3) is 4.59. The van der Waals surface area contributed by atoms with Gasteiger partial charge in [0.25, 0.3) is 0 Å². The average molecular weight is 326 g/mol. The van der Waals surface area contributed by atoms with Crippen molar-refractivity contribution >= 4 is 12.4 Å². The Kier molecular flexibility index (Phi) is 6.96. The Morgan fingerprint density at radius 3 is 2.45 bits per heavy atom. The molecule has 2 aliphatic rings. The molecule has 2 aliphatic heterocycles. The monoisotopic (exact) mass is 325 g/mol. The standard InChI is InChI=1S/C17H27N3O.ClH/c1-2-21-17-5-3-15(4-6-17)14-19-9-11-20(12-10-19)16-7-8-18-13-16;/h3-6,16,18H,2,7-14H2,1H3;1H. The third-order valence-corrected chi connectivity index (χ3v) is 4.60. The molecule has 1 N–H and O–H groups in total. The van der Waals surface area contributed by atoms with Gasteiger partial charge in [0.15, 0.2) is 0 Å². The Morgan fingerprint density at radius 2 is 1.86 bits per heavy atom. The predicted octanol–water partition coefficient (Wildman–Crippen LogP) is 1.99. The SMILES string of the molecule is CCOc1ccc(CN2CCN(C3CCNC3)CC2)cc1.Cl. The van der Waals surface area contributed by atoms with Crippen LogP contribution in [0.25, 0.3) is 0 Å². The molecular weight excluding hydrogens is 298 g/mol. The first-order valence-corrected chi connectivity index (χ1v) is 8.24. The molecule has 2 heterocycles. The number of piperazine rings is 1. The van der Waals surface area contributed by atoms with Gasteiger partial charge in [-0.05, 0) is 37.6 Å². The number of benzene rings is 1. The van der Waals surface area contributed by atoms with Crippen LogP contribution in [0, 0.1) is 0 Å². The first-order chi connectivity index (χ1) is 10.3. The van der Waals surface area contributed by atoms with Crippen molar-refractivity contribution in [3.63, 3.8) is 0 Å². The van der Waals surface area contributed by atoms with Gasteiger partial charge in [0, 0.05) is 45.3 Å². The topological polar surface area (TPSA) is 27.7 Å². The van der Waals surface area contributed by atoms with E-state index >= 15 is 0 Å². The van der Waals surface area contributed by atoms with E-state index in [1.807, 2.05) is 6.92 Å². The maximum absolute atomic E-state index is 5.50. The Balaban J connectivity index is 0.00000176. The second-order valence-electron chi connectivity index (χ2n) is 6.04. The summed E-state index contributed by atoms with van der Waals surface area (Å²) in [4.78, 5) is 5.23. The van der Waals surface area contributed by atoms with Crippen molar-refractivity contribution in [1.29, 1.82) is 0 Å². The lowest BCUT2D eigenvalue weighted by atomic mass is 10.1. The Morgan fingerprint density at radius 1 is 1.14 bits per heavy atom. The van der Waals surface area contributed by atoms with Crippen LogP contribution in [0.3, 0.4) is 0 Å². The summed E-state index contributed by atoms with van der Waals surface area (Å²) in [5, 5.41) is 3.47. The van der Waals surface area contributed by atoms with Gasteiger partial charge in [0.05, 0.1) is 6.61 Å². The van der Waals surface area contributed by atoms with Gasteiger partial charge in [-0.25, -0.2) is 0 Å². The van der Waals surface area contributed by atoms with E-state index in [1.165, 1.54) is 51.3 Å². The van der Waals surface area contributed by atoms with E-state index in [1.54, 1.807) is 0 Å². The zero-order valence-corrected chi connectivity index (χ0v) is 14.3. The van der Waals surface area contributed by atoms with E-state index in [-0.39, 0.29) is 12.4 Å². The molecule has 22 heavy (non-hydrogen) atoms. The number of hydrogen-bond acceptors (Lipinski definition) is 4. The summed E-state index contributed by atoms with van der Waals surface area (Å²) in [5.41, 5.74) is 1.38. The zero-order chi connectivity index (χ0) is 14.5. The van der Waals surface area contributed by atoms with E-state index in [9.17, 15) is 0 Å². The molecule has 1 unspecified atom stereocenters. The van der Waals surface area contributed by atoms with Crippen LogP contribution in [0.15, 0.2) is 24.3 Å². The molecular formula is C17H28ClN3O. The molecule has 1 aromatic carbocycles. The van der Waals surface area contributed by atoms with E-state index in [0.29, 0.717) is 0 Å². The van der Waals surface area contributed by atoms with Crippen molar-refractivity contribution in [3.05, 3.63) is 29.8 Å². The highest BCUT2D eigenvalue weighted by Crippen LogP contribution is 2.16. The Bertz CT molecular complexity index is 426. The normalized spacial score (nSPS) is 23.2. The lowest BCUT2D eigenvalue weighted by Crippen LogP contribution is -2.50. The highest BCUT2D eigenvalue weighted by atomic mass is 35.5. The first kappa shape index (κ1) is 17.5. The second-order valence-corrected chi connectivity index (χ2v) is 6.04. The molecule has 0 saturated carbocycles. The number of nitrogens with zero attached hydrogens (tertiary/aromatic N) is 2. The van der Waals surface area contributed by atoms with Crippen molar-refractivity contribution in [1.82, 2.24) is 15.1 Å². The Labute approximate surface area is 140 Å². The second kappa shape index (κ2) is 8.73. The molecule has 0 bridgehead atoms. The van der Waals surface area contributed by atoms with Gasteiger partial charge in [-0.1, -0.05) is 12.1 Å². The van der Waals surface area contributed by atoms with Crippen LogP contribution in [0.2, 0.25) is 0 Å². The third-order valence-electron chi connectivity index (χ3n) is 4.60. The van der Waals surface area contributed by atoms with Gasteiger partial charge in [0.2, 0.25) is 0 Å². The first-order valence-electron chi connectivity index (χ1n) is 8.24. The summed E-state index contributed by atoms with van der Waals surface area (Å²) >= 11 is 0. The van der Waals surface area contributed by atoms with E-state index in [2.05, 4.69) is 39.4 Å². The molecule has 1 atom stereocenters. The lowest BCUT2D eigenvalue weighted by molar-refractivity contribution is 0.0981. The predicted molar refractivity (Wildman–Crippen MR) is 93.0 cm³/mol. The molecule has 4 nitrogen and oxygen atoms in total. The summed E-state index contributed by atoms with van der Waals surface area (Å²) in [5.74, 6) is 0.972. The van der Waals surface area contributed by atoms with E-state index in [0.717, 1.165) is 24.9 Å². The van der Waals surface area contributed by atoms with Crippen LogP contribution >= 0.6 is 12.4 Å². The summed E-state index contributed by atoms with van der Waals surface area (Å²) in [6.07, 6.45) is 1.32. The van der Waals surface area contributed by atoms with Crippen molar-refractivity contribution in [2.45, 2.75) is 25.9 Å². The average Bonchev–Trinajstić information content (AvgIpc) is 3.05. The van der Waals surface area contributed by atoms with Gasteiger partial charge in [-0.15, -0.1) is 12.4 Å².